The molecule has 0 aliphatic carbocycles. The number of carbonyl (C=O) groups excluding carboxylic acids is 1. The van der Waals surface area contributed by atoms with Crippen LogP contribution in [-0.2, 0) is 14.8 Å². The van der Waals surface area contributed by atoms with E-state index in [2.05, 4.69) is 5.32 Å². The summed E-state index contributed by atoms with van der Waals surface area (Å²) in [5, 5.41) is 2.99. The van der Waals surface area contributed by atoms with Gasteiger partial charge < -0.3 is 10.1 Å². The Bertz CT molecular complexity index is 674. The molecule has 1 amide bonds. The van der Waals surface area contributed by atoms with E-state index in [9.17, 15) is 13.2 Å². The van der Waals surface area contributed by atoms with E-state index in [0.717, 1.165) is 24.0 Å². The van der Waals surface area contributed by atoms with Gasteiger partial charge in [0.2, 0.25) is 15.9 Å². The van der Waals surface area contributed by atoms with Crippen molar-refractivity contribution in [2.45, 2.75) is 31.3 Å². The summed E-state index contributed by atoms with van der Waals surface area (Å²) in [6.45, 7) is 0.962. The van der Waals surface area contributed by atoms with Crippen LogP contribution in [0.15, 0.2) is 24.3 Å². The summed E-state index contributed by atoms with van der Waals surface area (Å²) in [6.07, 6.45) is 3.13. The number of benzene rings is 1. The molecule has 7 heteroatoms. The Morgan fingerprint density at radius 2 is 2.09 bits per heavy atom. The maximum Gasteiger partial charge on any atom is 0.238 e. The van der Waals surface area contributed by atoms with E-state index in [-0.39, 0.29) is 11.9 Å². The molecule has 2 aliphatic heterocycles. The molecule has 0 spiro atoms. The first kappa shape index (κ1) is 15.3. The Labute approximate surface area is 130 Å². The molecule has 2 atom stereocenters. The van der Waals surface area contributed by atoms with Crippen LogP contribution in [-0.4, -0.2) is 44.1 Å². The van der Waals surface area contributed by atoms with Crippen LogP contribution in [0, 0.1) is 0 Å². The van der Waals surface area contributed by atoms with Gasteiger partial charge in [-0.25, -0.2) is 8.42 Å². The number of hydrogen-bond acceptors (Lipinski definition) is 4. The molecular formula is C15H20N2O4S. The van der Waals surface area contributed by atoms with Gasteiger partial charge in [0.1, 0.15) is 11.8 Å². The number of nitrogens with one attached hydrogen (secondary N) is 1. The van der Waals surface area contributed by atoms with Crippen LogP contribution < -0.4 is 10.1 Å². The van der Waals surface area contributed by atoms with Gasteiger partial charge in [0, 0.05) is 18.5 Å². The second-order valence-electron chi connectivity index (χ2n) is 5.77. The SMILES string of the molecule is CS(=O)(=O)N1CCCC1C(=O)NC1CCOc2ccccc21. The molecule has 0 saturated carbocycles. The van der Waals surface area contributed by atoms with Crippen LogP contribution in [0.25, 0.3) is 0 Å². The minimum atomic E-state index is -3.35. The fraction of sp³-hybridized carbons (Fsp3) is 0.533. The second kappa shape index (κ2) is 5.89. The quantitative estimate of drug-likeness (QED) is 0.902. The number of hydrogen-bond donors (Lipinski definition) is 1. The van der Waals surface area contributed by atoms with Crippen molar-refractivity contribution in [2.75, 3.05) is 19.4 Å². The molecule has 1 aromatic rings. The van der Waals surface area contributed by atoms with E-state index in [1.165, 1.54) is 4.31 Å². The zero-order valence-corrected chi connectivity index (χ0v) is 13.3. The Morgan fingerprint density at radius 3 is 2.86 bits per heavy atom. The number of nitrogens with zero attached hydrogens (tertiary/aromatic N) is 1. The standard InChI is InChI=1S/C15H20N2O4S/c1-22(19,20)17-9-4-6-13(17)15(18)16-12-8-10-21-14-7-3-2-5-11(12)14/h2-3,5,7,12-13H,4,6,8-10H2,1H3,(H,16,18). The highest BCUT2D eigenvalue weighted by Crippen LogP contribution is 2.32. The van der Waals surface area contributed by atoms with Crippen LogP contribution >= 0.6 is 0 Å². The van der Waals surface area contributed by atoms with Crippen molar-refractivity contribution >= 4 is 15.9 Å². The van der Waals surface area contributed by atoms with Gasteiger partial charge in [0.25, 0.3) is 0 Å². The maximum absolute atomic E-state index is 12.5. The predicted octanol–water partition coefficient (Wildman–Crippen LogP) is 1.05. The van der Waals surface area contributed by atoms with Gasteiger partial charge in [-0.05, 0) is 18.9 Å². The Morgan fingerprint density at radius 1 is 1.32 bits per heavy atom. The van der Waals surface area contributed by atoms with Crippen LogP contribution in [0.2, 0.25) is 0 Å². The van der Waals surface area contributed by atoms with Gasteiger partial charge in [-0.3, -0.25) is 4.79 Å². The molecule has 3 rings (SSSR count). The summed E-state index contributed by atoms with van der Waals surface area (Å²) in [5.74, 6) is 0.565. The predicted molar refractivity (Wildman–Crippen MR) is 82.0 cm³/mol. The lowest BCUT2D eigenvalue weighted by molar-refractivity contribution is -0.125. The molecule has 1 N–H and O–H groups in total. The zero-order chi connectivity index (χ0) is 15.7. The first-order valence-electron chi connectivity index (χ1n) is 7.46. The third-order valence-corrected chi connectivity index (χ3v) is 5.50. The van der Waals surface area contributed by atoms with Crippen molar-refractivity contribution in [3.8, 4) is 5.75 Å². The molecule has 6 nitrogen and oxygen atoms in total. The van der Waals surface area contributed by atoms with E-state index >= 15 is 0 Å². The fourth-order valence-electron chi connectivity index (χ4n) is 3.16. The van der Waals surface area contributed by atoms with E-state index in [4.69, 9.17) is 4.74 Å². The van der Waals surface area contributed by atoms with Gasteiger partial charge >= 0.3 is 0 Å². The summed E-state index contributed by atoms with van der Waals surface area (Å²) in [7, 11) is -3.35. The largest absolute Gasteiger partial charge is 0.493 e. The molecule has 0 bridgehead atoms. The molecule has 1 fully saturated rings. The van der Waals surface area contributed by atoms with E-state index in [1.807, 2.05) is 24.3 Å². The average molecular weight is 324 g/mol. The van der Waals surface area contributed by atoms with Crippen molar-refractivity contribution in [1.29, 1.82) is 0 Å². The molecular weight excluding hydrogens is 304 g/mol. The van der Waals surface area contributed by atoms with Gasteiger partial charge in [-0.1, -0.05) is 18.2 Å². The second-order valence-corrected chi connectivity index (χ2v) is 7.70. The van der Waals surface area contributed by atoms with Crippen molar-refractivity contribution in [3.63, 3.8) is 0 Å². The molecule has 22 heavy (non-hydrogen) atoms. The third-order valence-electron chi connectivity index (χ3n) is 4.21. The van der Waals surface area contributed by atoms with Crippen LogP contribution in [0.3, 0.4) is 0 Å². The molecule has 120 valence electrons. The lowest BCUT2D eigenvalue weighted by Gasteiger charge is -2.29. The van der Waals surface area contributed by atoms with Crippen molar-refractivity contribution < 1.29 is 17.9 Å². The zero-order valence-electron chi connectivity index (χ0n) is 12.5. The number of sulfonamides is 1. The number of carbonyl (C=O) groups is 1. The van der Waals surface area contributed by atoms with Crippen LogP contribution in [0.1, 0.15) is 30.9 Å². The highest BCUT2D eigenvalue weighted by molar-refractivity contribution is 7.88. The Hall–Kier alpha value is -1.60. The summed E-state index contributed by atoms with van der Waals surface area (Å²) in [5.41, 5.74) is 0.950. The number of ether oxygens (including phenoxy) is 1. The van der Waals surface area contributed by atoms with Gasteiger partial charge in [-0.15, -0.1) is 0 Å². The number of fused-ring (bicyclic) bond motifs is 1. The first-order valence-corrected chi connectivity index (χ1v) is 9.30. The van der Waals surface area contributed by atoms with Gasteiger partial charge in [0.05, 0.1) is 18.9 Å². The first-order chi connectivity index (χ1) is 10.5. The highest BCUT2D eigenvalue weighted by Gasteiger charge is 2.37. The van der Waals surface area contributed by atoms with E-state index in [0.29, 0.717) is 26.0 Å². The summed E-state index contributed by atoms with van der Waals surface area (Å²) in [4.78, 5) is 12.5. The lowest BCUT2D eigenvalue weighted by atomic mass is 10.00. The van der Waals surface area contributed by atoms with Crippen molar-refractivity contribution in [1.82, 2.24) is 9.62 Å². The minimum absolute atomic E-state index is 0.125. The minimum Gasteiger partial charge on any atom is -0.493 e. The molecule has 2 heterocycles. The normalized spacial score (nSPS) is 25.3. The van der Waals surface area contributed by atoms with Crippen LogP contribution in [0.5, 0.6) is 5.75 Å². The Balaban J connectivity index is 1.75. The van der Waals surface area contributed by atoms with Crippen molar-refractivity contribution in [3.05, 3.63) is 29.8 Å². The molecule has 2 unspecified atom stereocenters. The van der Waals surface area contributed by atoms with Crippen LogP contribution in [0.4, 0.5) is 0 Å². The molecule has 1 aromatic carbocycles. The Kier molecular flexibility index (Phi) is 4.10. The van der Waals surface area contributed by atoms with Gasteiger partial charge in [0.15, 0.2) is 0 Å². The van der Waals surface area contributed by atoms with E-state index in [1.54, 1.807) is 0 Å². The smallest absolute Gasteiger partial charge is 0.238 e. The number of rotatable bonds is 3. The summed E-state index contributed by atoms with van der Waals surface area (Å²) in [6, 6.07) is 6.90. The summed E-state index contributed by atoms with van der Waals surface area (Å²) >= 11 is 0. The summed E-state index contributed by atoms with van der Waals surface area (Å²) < 4.78 is 30.4. The van der Waals surface area contributed by atoms with Gasteiger partial charge in [-0.2, -0.15) is 4.31 Å². The topological polar surface area (TPSA) is 75.7 Å². The molecule has 2 aliphatic rings. The lowest BCUT2D eigenvalue weighted by Crippen LogP contribution is -2.47. The average Bonchev–Trinajstić information content (AvgIpc) is 2.97. The fourth-order valence-corrected chi connectivity index (χ4v) is 4.28. The number of para-hydroxylation sites is 1. The third kappa shape index (κ3) is 2.96. The molecule has 0 aromatic heterocycles. The van der Waals surface area contributed by atoms with Crippen molar-refractivity contribution in [2.24, 2.45) is 0 Å². The monoisotopic (exact) mass is 324 g/mol. The number of amides is 1. The highest BCUT2D eigenvalue weighted by atomic mass is 32.2. The molecule has 0 radical (unpaired) electrons. The maximum atomic E-state index is 12.5. The van der Waals surface area contributed by atoms with E-state index < -0.39 is 16.1 Å². The molecule has 1 saturated heterocycles.